The number of hydrogen-bond donors (Lipinski definition) is 1. The Morgan fingerprint density at radius 1 is 1.35 bits per heavy atom. The van der Waals surface area contributed by atoms with E-state index in [0.29, 0.717) is 18.5 Å². The third-order valence-corrected chi connectivity index (χ3v) is 6.34. The molecule has 0 radical (unpaired) electrons. The Bertz CT molecular complexity index is 1070. The third kappa shape index (κ3) is 2.45. The summed E-state index contributed by atoms with van der Waals surface area (Å²) in [5, 5.41) is 18.9. The molecule has 130 valence electrons. The molecule has 26 heavy (non-hydrogen) atoms. The van der Waals surface area contributed by atoms with Crippen LogP contribution in [0.15, 0.2) is 47.8 Å². The van der Waals surface area contributed by atoms with Gasteiger partial charge in [-0.2, -0.15) is 5.26 Å². The number of rotatable bonds is 4. The van der Waals surface area contributed by atoms with Crippen molar-refractivity contribution in [2.45, 2.75) is 28.9 Å². The summed E-state index contributed by atoms with van der Waals surface area (Å²) in [6, 6.07) is 8.41. The Labute approximate surface area is 153 Å². The van der Waals surface area contributed by atoms with Crippen LogP contribution in [0.1, 0.15) is 24.8 Å². The molecule has 0 saturated heterocycles. The number of pyridine rings is 2. The molecule has 1 fully saturated rings. The van der Waals surface area contributed by atoms with E-state index in [1.165, 1.54) is 17.8 Å². The molecule has 4 rings (SSSR count). The lowest BCUT2D eigenvalue weighted by Crippen LogP contribution is -2.41. The average Bonchev–Trinajstić information content (AvgIpc) is 3.00. The first kappa shape index (κ1) is 16.6. The minimum absolute atomic E-state index is 0.210. The van der Waals surface area contributed by atoms with Gasteiger partial charge >= 0.3 is 5.97 Å². The number of nitrogens with zero attached hydrogens (tertiary/aromatic N) is 3. The largest absolute Gasteiger partial charge is 0.480 e. The molecule has 1 aliphatic carbocycles. The van der Waals surface area contributed by atoms with Gasteiger partial charge in [0.05, 0.1) is 16.8 Å². The minimum atomic E-state index is -0.816. The molecule has 1 saturated carbocycles. The van der Waals surface area contributed by atoms with Crippen molar-refractivity contribution in [3.8, 4) is 17.3 Å². The van der Waals surface area contributed by atoms with E-state index < -0.39 is 16.5 Å². The van der Waals surface area contributed by atoms with Gasteiger partial charge in [0.15, 0.2) is 0 Å². The number of carboxylic acids is 1. The topological polar surface area (TPSA) is 78.4 Å². The van der Waals surface area contributed by atoms with Crippen LogP contribution < -0.4 is 0 Å². The van der Waals surface area contributed by atoms with Crippen LogP contribution in [0.25, 0.3) is 16.8 Å². The summed E-state index contributed by atoms with van der Waals surface area (Å²) in [5.41, 5.74) is 1.84. The van der Waals surface area contributed by atoms with E-state index in [1.54, 1.807) is 41.2 Å². The van der Waals surface area contributed by atoms with Gasteiger partial charge in [0.25, 0.3) is 0 Å². The maximum absolute atomic E-state index is 14.2. The van der Waals surface area contributed by atoms with E-state index in [0.717, 1.165) is 16.9 Å². The quantitative estimate of drug-likeness (QED) is 0.751. The van der Waals surface area contributed by atoms with E-state index >= 15 is 0 Å². The van der Waals surface area contributed by atoms with Crippen molar-refractivity contribution in [3.63, 3.8) is 0 Å². The number of nitriles is 1. The van der Waals surface area contributed by atoms with Crippen molar-refractivity contribution in [2.75, 3.05) is 0 Å². The van der Waals surface area contributed by atoms with Crippen molar-refractivity contribution in [1.82, 2.24) is 9.38 Å². The Morgan fingerprint density at radius 3 is 2.81 bits per heavy atom. The van der Waals surface area contributed by atoms with Crippen LogP contribution in [-0.2, 0) is 4.79 Å². The van der Waals surface area contributed by atoms with Gasteiger partial charge in [-0.1, -0.05) is 0 Å². The average molecular weight is 367 g/mol. The molecule has 0 atom stereocenters. The SMILES string of the molecule is N#Cc1ccc(-c2cnccc2SC2(C(=O)O)CCC2)n2ccc(F)c12. The highest BCUT2D eigenvalue weighted by Crippen LogP contribution is 2.49. The smallest absolute Gasteiger partial charge is 0.320 e. The van der Waals surface area contributed by atoms with Crippen LogP contribution in [0, 0.1) is 17.1 Å². The fraction of sp³-hybridized carbons (Fsp3) is 0.211. The normalized spacial score (nSPS) is 15.4. The summed E-state index contributed by atoms with van der Waals surface area (Å²) in [5.74, 6) is -1.28. The van der Waals surface area contributed by atoms with Crippen LogP contribution in [0.4, 0.5) is 4.39 Å². The number of aliphatic carboxylic acids is 1. The lowest BCUT2D eigenvalue weighted by molar-refractivity contribution is -0.142. The van der Waals surface area contributed by atoms with Gasteiger partial charge < -0.3 is 9.51 Å². The molecule has 0 unspecified atom stereocenters. The Morgan fingerprint density at radius 2 is 2.15 bits per heavy atom. The highest BCUT2D eigenvalue weighted by atomic mass is 32.2. The minimum Gasteiger partial charge on any atom is -0.480 e. The first-order valence-electron chi connectivity index (χ1n) is 8.12. The van der Waals surface area contributed by atoms with Crippen LogP contribution >= 0.6 is 11.8 Å². The molecule has 0 aromatic carbocycles. The second-order valence-corrected chi connectivity index (χ2v) is 7.68. The Kier molecular flexibility index (Phi) is 3.93. The van der Waals surface area contributed by atoms with Crippen molar-refractivity contribution in [2.24, 2.45) is 0 Å². The van der Waals surface area contributed by atoms with Gasteiger partial charge in [-0.25, -0.2) is 4.39 Å². The number of carbonyl (C=O) groups is 1. The van der Waals surface area contributed by atoms with E-state index in [9.17, 15) is 19.6 Å². The monoisotopic (exact) mass is 367 g/mol. The molecule has 3 aromatic rings. The Balaban J connectivity index is 1.87. The van der Waals surface area contributed by atoms with Gasteiger partial charge in [0.1, 0.15) is 16.6 Å². The summed E-state index contributed by atoms with van der Waals surface area (Å²) in [4.78, 5) is 16.7. The predicted molar refractivity (Wildman–Crippen MR) is 95.4 cm³/mol. The van der Waals surface area contributed by atoms with Gasteiger partial charge in [-0.05, 0) is 43.5 Å². The lowest BCUT2D eigenvalue weighted by atomic mass is 9.84. The summed E-state index contributed by atoms with van der Waals surface area (Å²) in [7, 11) is 0. The molecule has 1 aliphatic rings. The number of fused-ring (bicyclic) bond motifs is 1. The number of hydrogen-bond acceptors (Lipinski definition) is 4. The van der Waals surface area contributed by atoms with E-state index in [1.807, 2.05) is 6.07 Å². The molecular formula is C19H14FN3O2S. The van der Waals surface area contributed by atoms with E-state index in [-0.39, 0.29) is 11.1 Å². The summed E-state index contributed by atoms with van der Waals surface area (Å²) in [6.45, 7) is 0. The van der Waals surface area contributed by atoms with Gasteiger partial charge in [-0.15, -0.1) is 11.8 Å². The second kappa shape index (κ2) is 6.15. The van der Waals surface area contributed by atoms with Crippen LogP contribution in [0.2, 0.25) is 0 Å². The fourth-order valence-electron chi connectivity index (χ4n) is 3.23. The number of halogens is 1. The molecule has 0 spiro atoms. The van der Waals surface area contributed by atoms with Crippen molar-refractivity contribution in [3.05, 3.63) is 54.2 Å². The van der Waals surface area contributed by atoms with Gasteiger partial charge in [-0.3, -0.25) is 9.78 Å². The van der Waals surface area contributed by atoms with E-state index in [4.69, 9.17) is 0 Å². The molecule has 0 bridgehead atoms. The molecule has 0 amide bonds. The zero-order valence-electron chi connectivity index (χ0n) is 13.6. The Hall–Kier alpha value is -2.85. The first-order valence-corrected chi connectivity index (χ1v) is 8.94. The maximum Gasteiger partial charge on any atom is 0.320 e. The zero-order chi connectivity index (χ0) is 18.3. The zero-order valence-corrected chi connectivity index (χ0v) is 14.5. The van der Waals surface area contributed by atoms with Crippen molar-refractivity contribution in [1.29, 1.82) is 5.26 Å². The summed E-state index contributed by atoms with van der Waals surface area (Å²) >= 11 is 1.32. The predicted octanol–water partition coefficient (Wildman–Crippen LogP) is 4.11. The third-order valence-electron chi connectivity index (χ3n) is 4.79. The van der Waals surface area contributed by atoms with Crippen molar-refractivity contribution >= 4 is 23.2 Å². The van der Waals surface area contributed by atoms with Gasteiger partial charge in [0.2, 0.25) is 0 Å². The highest BCUT2D eigenvalue weighted by Gasteiger charge is 2.45. The standard InChI is InChI=1S/C19H14FN3O2S/c20-14-5-9-23-15(3-2-12(10-21)17(14)23)13-11-22-8-4-16(13)26-19(18(24)25)6-1-7-19/h2-5,8-9,11H,1,6-7H2,(H,24,25). The van der Waals surface area contributed by atoms with Crippen LogP contribution in [0.3, 0.4) is 0 Å². The molecule has 7 heteroatoms. The second-order valence-electron chi connectivity index (χ2n) is 6.25. The number of thioether (sulfide) groups is 1. The van der Waals surface area contributed by atoms with Gasteiger partial charge in [0, 0.05) is 29.0 Å². The molecule has 3 aromatic heterocycles. The van der Waals surface area contributed by atoms with Crippen molar-refractivity contribution < 1.29 is 14.3 Å². The molecule has 1 N–H and O–H groups in total. The number of aromatic nitrogens is 2. The molecule has 3 heterocycles. The van der Waals surface area contributed by atoms with Crippen LogP contribution in [0.5, 0.6) is 0 Å². The maximum atomic E-state index is 14.2. The molecule has 5 nitrogen and oxygen atoms in total. The highest BCUT2D eigenvalue weighted by molar-refractivity contribution is 8.01. The summed E-state index contributed by atoms with van der Waals surface area (Å²) < 4.78 is 15.0. The van der Waals surface area contributed by atoms with Crippen LogP contribution in [-0.4, -0.2) is 25.2 Å². The fourth-order valence-corrected chi connectivity index (χ4v) is 4.63. The molecular weight excluding hydrogens is 353 g/mol. The molecule has 0 aliphatic heterocycles. The first-order chi connectivity index (χ1) is 12.6. The number of carboxylic acid groups (broad SMARTS) is 1. The summed E-state index contributed by atoms with van der Waals surface area (Å²) in [6.07, 6.45) is 6.97. The van der Waals surface area contributed by atoms with E-state index in [2.05, 4.69) is 4.98 Å². The lowest BCUT2D eigenvalue weighted by Gasteiger charge is -2.37.